The first-order valence-corrected chi connectivity index (χ1v) is 6.23. The van der Waals surface area contributed by atoms with E-state index in [1.54, 1.807) is 24.8 Å². The summed E-state index contributed by atoms with van der Waals surface area (Å²) in [5, 5.41) is 2.27. The molecule has 0 aromatic carbocycles. The van der Waals surface area contributed by atoms with Gasteiger partial charge in [-0.25, -0.2) is 0 Å². The smallest absolute Gasteiger partial charge is 0.0886 e. The average Bonchev–Trinajstić information content (AvgIpc) is 2.56. The Bertz CT molecular complexity index is 628. The van der Waals surface area contributed by atoms with Crippen LogP contribution in [0.25, 0.3) is 21.8 Å². The number of hydrogen-bond donors (Lipinski definition) is 0. The van der Waals surface area contributed by atoms with Crippen LogP contribution in [0.3, 0.4) is 0 Å². The standard InChI is InChI=1S/2C8H6N2/c1-3-9-6-8-2-4-10-5-7(1)8;1-3-7-8(9-5-1)4-2-6-10-7/h2*1-6H. The zero-order valence-corrected chi connectivity index (χ0v) is 10.7. The number of nitrogens with zero attached hydrogens (tertiary/aromatic N) is 4. The second-order valence-electron chi connectivity index (χ2n) is 4.14. The van der Waals surface area contributed by atoms with E-state index < -0.39 is 0 Å². The Balaban J connectivity index is 0.000000121. The maximum absolute atomic E-state index is 4.12. The minimum Gasteiger partial charge on any atom is -0.264 e. The van der Waals surface area contributed by atoms with E-state index in [0.29, 0.717) is 0 Å². The van der Waals surface area contributed by atoms with Gasteiger partial charge in [0.05, 0.1) is 11.0 Å². The van der Waals surface area contributed by atoms with Crippen LogP contribution in [-0.4, -0.2) is 19.9 Å². The first kappa shape index (κ1) is 12.2. The summed E-state index contributed by atoms with van der Waals surface area (Å²) >= 11 is 0. The van der Waals surface area contributed by atoms with Gasteiger partial charge in [-0.2, -0.15) is 0 Å². The van der Waals surface area contributed by atoms with E-state index in [-0.39, 0.29) is 0 Å². The lowest BCUT2D eigenvalue weighted by Gasteiger charge is -1.91. The fraction of sp³-hybridized carbons (Fsp3) is 0. The van der Waals surface area contributed by atoms with Gasteiger partial charge in [-0.3, -0.25) is 19.9 Å². The number of hydrogen-bond acceptors (Lipinski definition) is 4. The molecular formula is C16H12N4. The highest BCUT2D eigenvalue weighted by molar-refractivity contribution is 5.79. The molecule has 0 aliphatic heterocycles. The Morgan fingerprint density at radius 2 is 1.05 bits per heavy atom. The second-order valence-corrected chi connectivity index (χ2v) is 4.14. The molecule has 0 atom stereocenters. The summed E-state index contributed by atoms with van der Waals surface area (Å²) in [5.41, 5.74) is 1.90. The molecule has 4 aromatic heterocycles. The van der Waals surface area contributed by atoms with Crippen molar-refractivity contribution in [2.45, 2.75) is 0 Å². The normalized spacial score (nSPS) is 10.0. The fourth-order valence-electron chi connectivity index (χ4n) is 1.83. The number of fused-ring (bicyclic) bond motifs is 2. The van der Waals surface area contributed by atoms with Gasteiger partial charge in [-0.1, -0.05) is 0 Å². The fourth-order valence-corrected chi connectivity index (χ4v) is 1.83. The third kappa shape index (κ3) is 2.75. The Labute approximate surface area is 116 Å². The monoisotopic (exact) mass is 260 g/mol. The number of pyridine rings is 4. The van der Waals surface area contributed by atoms with Crippen LogP contribution in [0.4, 0.5) is 0 Å². The van der Waals surface area contributed by atoms with Crippen LogP contribution in [0.1, 0.15) is 0 Å². The molecule has 0 aliphatic carbocycles. The van der Waals surface area contributed by atoms with Gasteiger partial charge in [0.2, 0.25) is 0 Å². The summed E-state index contributed by atoms with van der Waals surface area (Å²) in [5.74, 6) is 0. The number of aromatic nitrogens is 4. The Morgan fingerprint density at radius 1 is 0.550 bits per heavy atom. The van der Waals surface area contributed by atoms with Gasteiger partial charge >= 0.3 is 0 Å². The molecule has 4 nitrogen and oxygen atoms in total. The van der Waals surface area contributed by atoms with Gasteiger partial charge in [-0.05, 0) is 36.4 Å². The van der Waals surface area contributed by atoms with Crippen LogP contribution in [0.5, 0.6) is 0 Å². The molecule has 0 aliphatic rings. The van der Waals surface area contributed by atoms with E-state index in [1.165, 1.54) is 0 Å². The van der Waals surface area contributed by atoms with Crippen LogP contribution in [0, 0.1) is 0 Å². The van der Waals surface area contributed by atoms with E-state index in [9.17, 15) is 0 Å². The van der Waals surface area contributed by atoms with Gasteiger partial charge in [0.15, 0.2) is 0 Å². The van der Waals surface area contributed by atoms with Crippen molar-refractivity contribution in [3.05, 3.63) is 73.6 Å². The molecule has 0 unspecified atom stereocenters. The molecule has 0 fully saturated rings. The number of rotatable bonds is 0. The molecule has 4 heteroatoms. The minimum atomic E-state index is 0.949. The predicted molar refractivity (Wildman–Crippen MR) is 79.1 cm³/mol. The van der Waals surface area contributed by atoms with Crippen molar-refractivity contribution in [3.63, 3.8) is 0 Å². The summed E-state index contributed by atoms with van der Waals surface area (Å²) in [4.78, 5) is 16.2. The molecule has 0 saturated carbocycles. The first-order chi connectivity index (χ1) is 9.93. The van der Waals surface area contributed by atoms with E-state index in [2.05, 4.69) is 19.9 Å². The molecule has 0 bridgehead atoms. The van der Waals surface area contributed by atoms with Crippen LogP contribution in [0.2, 0.25) is 0 Å². The topological polar surface area (TPSA) is 51.6 Å². The molecule has 20 heavy (non-hydrogen) atoms. The highest BCUT2D eigenvalue weighted by Gasteiger charge is 1.88. The lowest BCUT2D eigenvalue weighted by molar-refractivity contribution is 1.32. The van der Waals surface area contributed by atoms with Crippen molar-refractivity contribution < 1.29 is 0 Å². The maximum atomic E-state index is 4.12. The minimum absolute atomic E-state index is 0.949. The van der Waals surface area contributed by atoms with Crippen molar-refractivity contribution in [1.29, 1.82) is 0 Å². The SMILES string of the molecule is c1cc2cnccc2cn1.c1cnc2cccnc2c1. The summed E-state index contributed by atoms with van der Waals surface area (Å²) in [6, 6.07) is 11.6. The quantitative estimate of drug-likeness (QED) is 0.487. The van der Waals surface area contributed by atoms with E-state index in [1.807, 2.05) is 48.8 Å². The largest absolute Gasteiger partial charge is 0.264 e. The zero-order valence-electron chi connectivity index (χ0n) is 10.7. The molecule has 0 amide bonds. The van der Waals surface area contributed by atoms with E-state index >= 15 is 0 Å². The Morgan fingerprint density at radius 3 is 1.55 bits per heavy atom. The van der Waals surface area contributed by atoms with Crippen molar-refractivity contribution in [2.24, 2.45) is 0 Å². The molecule has 4 aromatic rings. The van der Waals surface area contributed by atoms with Crippen LogP contribution in [-0.2, 0) is 0 Å². The van der Waals surface area contributed by atoms with Gasteiger partial charge < -0.3 is 0 Å². The summed E-state index contributed by atoms with van der Waals surface area (Å²) in [6.07, 6.45) is 10.7. The summed E-state index contributed by atoms with van der Waals surface area (Å²) in [7, 11) is 0. The highest BCUT2D eigenvalue weighted by Crippen LogP contribution is 2.07. The zero-order chi connectivity index (χ0) is 13.6. The molecule has 96 valence electrons. The van der Waals surface area contributed by atoms with Crippen LogP contribution in [0.15, 0.2) is 73.6 Å². The Kier molecular flexibility index (Phi) is 3.55. The molecule has 4 heterocycles. The molecule has 0 saturated heterocycles. The molecular weight excluding hydrogens is 248 g/mol. The van der Waals surface area contributed by atoms with Crippen LogP contribution < -0.4 is 0 Å². The lowest BCUT2D eigenvalue weighted by atomic mass is 10.2. The first-order valence-electron chi connectivity index (χ1n) is 6.23. The molecule has 4 rings (SSSR count). The summed E-state index contributed by atoms with van der Waals surface area (Å²) < 4.78 is 0. The third-order valence-corrected chi connectivity index (χ3v) is 2.81. The van der Waals surface area contributed by atoms with Gasteiger partial charge in [-0.15, -0.1) is 0 Å². The van der Waals surface area contributed by atoms with Crippen molar-refractivity contribution in [2.75, 3.05) is 0 Å². The molecule has 0 N–H and O–H groups in total. The van der Waals surface area contributed by atoms with Crippen molar-refractivity contribution in [3.8, 4) is 0 Å². The van der Waals surface area contributed by atoms with Crippen molar-refractivity contribution >= 4 is 21.8 Å². The van der Waals surface area contributed by atoms with Gasteiger partial charge in [0.25, 0.3) is 0 Å². The third-order valence-electron chi connectivity index (χ3n) is 2.81. The lowest BCUT2D eigenvalue weighted by Crippen LogP contribution is -1.78. The highest BCUT2D eigenvalue weighted by atomic mass is 14.7. The van der Waals surface area contributed by atoms with Crippen molar-refractivity contribution in [1.82, 2.24) is 19.9 Å². The van der Waals surface area contributed by atoms with Gasteiger partial charge in [0.1, 0.15) is 0 Å². The summed E-state index contributed by atoms with van der Waals surface area (Å²) in [6.45, 7) is 0. The van der Waals surface area contributed by atoms with E-state index in [4.69, 9.17) is 0 Å². The second kappa shape index (κ2) is 5.84. The Hall–Kier alpha value is -2.88. The molecule has 0 spiro atoms. The predicted octanol–water partition coefficient (Wildman–Crippen LogP) is 3.26. The average molecular weight is 260 g/mol. The van der Waals surface area contributed by atoms with Gasteiger partial charge in [0, 0.05) is 48.0 Å². The maximum Gasteiger partial charge on any atom is 0.0886 e. The molecule has 0 radical (unpaired) electrons. The van der Waals surface area contributed by atoms with Crippen LogP contribution >= 0.6 is 0 Å². The van der Waals surface area contributed by atoms with E-state index in [0.717, 1.165) is 21.8 Å².